The van der Waals surface area contributed by atoms with Gasteiger partial charge in [0.05, 0.1) is 17.3 Å². The Labute approximate surface area is 285 Å². The van der Waals surface area contributed by atoms with E-state index in [0.29, 0.717) is 0 Å². The van der Waals surface area contributed by atoms with Crippen LogP contribution in [0.1, 0.15) is 51.2 Å². The number of oxime groups is 2. The van der Waals surface area contributed by atoms with Gasteiger partial charge in [-0.15, -0.1) is 0 Å². The van der Waals surface area contributed by atoms with Crippen molar-refractivity contribution in [1.29, 1.82) is 0 Å². The summed E-state index contributed by atoms with van der Waals surface area (Å²) in [5.74, 6) is -1.64. The molecule has 0 heterocycles. The van der Waals surface area contributed by atoms with Gasteiger partial charge in [0.15, 0.2) is 11.4 Å². The van der Waals surface area contributed by atoms with Crippen LogP contribution in [-0.4, -0.2) is 85.6 Å². The van der Waals surface area contributed by atoms with Crippen molar-refractivity contribution in [2.24, 2.45) is 10.3 Å². The fourth-order valence-corrected chi connectivity index (χ4v) is 6.35. The second-order valence-corrected chi connectivity index (χ2v) is 15.3. The molecule has 2 aromatic carbocycles. The number of ether oxygens (including phenoxy) is 2. The third kappa shape index (κ3) is 14.7. The van der Waals surface area contributed by atoms with Gasteiger partial charge in [-0.05, 0) is 67.8 Å². The lowest BCUT2D eigenvalue weighted by Gasteiger charge is -2.19. The van der Waals surface area contributed by atoms with Crippen LogP contribution >= 0.6 is 0 Å². The number of rotatable bonds is 20. The summed E-state index contributed by atoms with van der Waals surface area (Å²) in [7, 11) is -12.8. The Kier molecular flexibility index (Phi) is 15.3. The molecule has 0 unspecified atom stereocenters. The molecule has 282 valence electrons. The molecule has 0 radical (unpaired) electrons. The molecule has 0 atom stereocenters. The van der Waals surface area contributed by atoms with Crippen molar-refractivity contribution in [2.75, 3.05) is 30.5 Å². The molecule has 0 aliphatic rings. The standard InChI is InChI=1S/C28H34F6N2O11S3/c1-4-15-48(37,38)45-24(18-43-22-11-7-20(8-12-22)25(27(29,30)31)35-46-49(39,40)16-5-2)19-44-23-13-9-21(10-14-23)26(28(32,33)34)36-47-50(41,42)17-6-3/h7-14,24H,4-6,15-19H2,1-3H3/b35-25-,36-26-. The maximum Gasteiger partial charge on any atom is 0.437 e. The summed E-state index contributed by atoms with van der Waals surface area (Å²) in [5, 5.41) is 5.58. The van der Waals surface area contributed by atoms with E-state index in [1.165, 1.54) is 13.8 Å². The topological polar surface area (TPSA) is 173 Å². The summed E-state index contributed by atoms with van der Waals surface area (Å²) in [6, 6.07) is 7.86. The van der Waals surface area contributed by atoms with Gasteiger partial charge in [-0.3, -0.25) is 12.8 Å². The zero-order chi connectivity index (χ0) is 37.8. The number of hydrogen-bond donors (Lipinski definition) is 0. The quantitative estimate of drug-likeness (QED) is 0.0737. The van der Waals surface area contributed by atoms with Crippen LogP contribution in [-0.2, 0) is 43.1 Å². The van der Waals surface area contributed by atoms with Crippen LogP contribution in [0.2, 0.25) is 0 Å². The summed E-state index contributed by atoms with van der Waals surface area (Å²) >= 11 is 0. The first-order valence-corrected chi connectivity index (χ1v) is 19.3. The van der Waals surface area contributed by atoms with Gasteiger partial charge in [-0.1, -0.05) is 31.1 Å². The van der Waals surface area contributed by atoms with E-state index in [0.717, 1.165) is 48.5 Å². The van der Waals surface area contributed by atoms with Crippen molar-refractivity contribution >= 4 is 41.8 Å². The second-order valence-electron chi connectivity index (χ2n) is 10.2. The Morgan fingerprint density at radius 3 is 1.20 bits per heavy atom. The smallest absolute Gasteiger partial charge is 0.437 e. The van der Waals surface area contributed by atoms with E-state index in [1.807, 2.05) is 0 Å². The van der Waals surface area contributed by atoms with Gasteiger partial charge in [0.25, 0.3) is 10.1 Å². The van der Waals surface area contributed by atoms with Crippen LogP contribution in [0, 0.1) is 0 Å². The van der Waals surface area contributed by atoms with Crippen molar-refractivity contribution in [3.8, 4) is 11.5 Å². The number of halogens is 6. The highest BCUT2D eigenvalue weighted by Crippen LogP contribution is 2.27. The number of nitrogens with zero attached hydrogens (tertiary/aromatic N) is 2. The summed E-state index contributed by atoms with van der Waals surface area (Å²) < 4.78 is 177. The third-order valence-corrected chi connectivity index (χ3v) is 9.69. The Bertz CT molecular complexity index is 1670. The average molecular weight is 785 g/mol. The monoisotopic (exact) mass is 784 g/mol. The molecule has 0 fully saturated rings. The first-order valence-electron chi connectivity index (χ1n) is 14.6. The minimum Gasteiger partial charge on any atom is -0.491 e. The summed E-state index contributed by atoms with van der Waals surface area (Å²) in [5.41, 5.74) is -4.43. The predicted octanol–water partition coefficient (Wildman–Crippen LogP) is 5.32. The fourth-order valence-electron chi connectivity index (χ4n) is 3.70. The molecule has 0 bridgehead atoms. The van der Waals surface area contributed by atoms with Gasteiger partial charge in [0.1, 0.15) is 30.8 Å². The fraction of sp³-hybridized carbons (Fsp3) is 0.500. The highest BCUT2D eigenvalue weighted by atomic mass is 32.2. The maximum atomic E-state index is 13.6. The Balaban J connectivity index is 2.23. The molecule has 13 nitrogen and oxygen atoms in total. The molecule has 0 spiro atoms. The Morgan fingerprint density at radius 2 is 0.900 bits per heavy atom. The van der Waals surface area contributed by atoms with Crippen molar-refractivity contribution in [2.45, 2.75) is 58.5 Å². The minimum absolute atomic E-state index is 0.0669. The normalized spacial score (nSPS) is 13.7. The molecule has 0 N–H and O–H groups in total. The molecule has 2 aromatic rings. The van der Waals surface area contributed by atoms with Crippen molar-refractivity contribution < 1.29 is 73.8 Å². The van der Waals surface area contributed by atoms with Gasteiger partial charge < -0.3 is 9.47 Å². The highest BCUT2D eigenvalue weighted by molar-refractivity contribution is 7.87. The summed E-state index contributed by atoms with van der Waals surface area (Å²) in [6.07, 6.45) is -11.2. The average Bonchev–Trinajstić information content (AvgIpc) is 2.98. The number of benzene rings is 2. The predicted molar refractivity (Wildman–Crippen MR) is 168 cm³/mol. The first kappa shape index (κ1) is 42.5. The van der Waals surface area contributed by atoms with Gasteiger partial charge >= 0.3 is 32.6 Å². The van der Waals surface area contributed by atoms with Gasteiger partial charge in [-0.2, -0.15) is 51.6 Å². The van der Waals surface area contributed by atoms with Crippen LogP contribution in [0.3, 0.4) is 0 Å². The molecule has 0 aliphatic carbocycles. The van der Waals surface area contributed by atoms with Crippen LogP contribution in [0.15, 0.2) is 58.8 Å². The molecular weight excluding hydrogens is 751 g/mol. The lowest BCUT2D eigenvalue weighted by atomic mass is 10.1. The van der Waals surface area contributed by atoms with E-state index < -0.39 is 102 Å². The molecule has 50 heavy (non-hydrogen) atoms. The zero-order valence-corrected chi connectivity index (χ0v) is 29.2. The van der Waals surface area contributed by atoms with Crippen LogP contribution in [0.4, 0.5) is 26.3 Å². The van der Waals surface area contributed by atoms with E-state index in [4.69, 9.17) is 13.7 Å². The lowest BCUT2D eigenvalue weighted by Crippen LogP contribution is -2.32. The van der Waals surface area contributed by atoms with Crippen molar-refractivity contribution in [3.63, 3.8) is 0 Å². The molecule has 22 heteroatoms. The van der Waals surface area contributed by atoms with E-state index in [-0.39, 0.29) is 30.8 Å². The molecule has 0 amide bonds. The molecular formula is C28H34F6N2O11S3. The minimum atomic E-state index is -5.10. The summed E-state index contributed by atoms with van der Waals surface area (Å²) in [6.45, 7) is 3.45. The Hall–Kier alpha value is -3.63. The third-order valence-electron chi connectivity index (χ3n) is 5.79. The zero-order valence-electron chi connectivity index (χ0n) is 26.7. The van der Waals surface area contributed by atoms with Crippen molar-refractivity contribution in [1.82, 2.24) is 0 Å². The van der Waals surface area contributed by atoms with E-state index in [2.05, 4.69) is 18.9 Å². The van der Waals surface area contributed by atoms with Gasteiger partial charge in [-0.25, -0.2) is 0 Å². The molecule has 0 aliphatic heterocycles. The van der Waals surface area contributed by atoms with E-state index in [1.54, 1.807) is 6.92 Å². The van der Waals surface area contributed by atoms with Crippen molar-refractivity contribution in [3.05, 3.63) is 59.7 Å². The molecule has 2 rings (SSSR count). The van der Waals surface area contributed by atoms with Crippen LogP contribution in [0.25, 0.3) is 0 Å². The maximum absolute atomic E-state index is 13.6. The van der Waals surface area contributed by atoms with Crippen LogP contribution < -0.4 is 9.47 Å². The molecule has 0 saturated carbocycles. The van der Waals surface area contributed by atoms with Gasteiger partial charge in [0.2, 0.25) is 0 Å². The van der Waals surface area contributed by atoms with E-state index >= 15 is 0 Å². The molecule has 0 aromatic heterocycles. The summed E-state index contributed by atoms with van der Waals surface area (Å²) in [4.78, 5) is 0. The number of alkyl halides is 6. The van der Waals surface area contributed by atoms with Gasteiger partial charge in [0, 0.05) is 11.1 Å². The Morgan fingerprint density at radius 1 is 0.580 bits per heavy atom. The largest absolute Gasteiger partial charge is 0.491 e. The SMILES string of the molecule is CCCS(=O)(=O)O/N=C(/c1ccc(OCC(COc2ccc(/C(=N/OS(=O)(=O)CCC)C(F)(F)F)cc2)OS(=O)(=O)CCC)cc1)C(F)(F)F. The molecule has 0 saturated heterocycles. The second kappa shape index (κ2) is 18.0. The highest BCUT2D eigenvalue weighted by Gasteiger charge is 2.39. The van der Waals surface area contributed by atoms with Crippen LogP contribution in [0.5, 0.6) is 11.5 Å². The van der Waals surface area contributed by atoms with E-state index in [9.17, 15) is 51.6 Å². The number of hydrogen-bond acceptors (Lipinski definition) is 13. The first-order chi connectivity index (χ1) is 23.1. The lowest BCUT2D eigenvalue weighted by molar-refractivity contribution is -0.0606.